The van der Waals surface area contributed by atoms with Gasteiger partial charge in [-0.3, -0.25) is 4.79 Å². The molecule has 106 valence electrons. The van der Waals surface area contributed by atoms with Gasteiger partial charge < -0.3 is 5.32 Å². The molecule has 0 aromatic heterocycles. The Balaban J connectivity index is 2.96. The zero-order valence-electron chi connectivity index (χ0n) is 10.8. The maximum atomic E-state index is 11.9. The molecule has 0 spiro atoms. The average molecular weight is 305 g/mol. The minimum Gasteiger partial charge on any atom is -0.325 e. The van der Waals surface area contributed by atoms with E-state index in [4.69, 9.17) is 16.7 Å². The third-order valence-corrected chi connectivity index (χ3v) is 4.11. The number of nitrogens with one attached hydrogen (secondary N) is 1. The van der Waals surface area contributed by atoms with Crippen molar-refractivity contribution in [2.75, 3.05) is 5.32 Å². The number of nitrogens with two attached hydrogens (primary N) is 1. The second-order valence-corrected chi connectivity index (χ2v) is 6.16. The van der Waals surface area contributed by atoms with Crippen LogP contribution >= 0.6 is 11.6 Å². The Hall–Kier alpha value is -1.11. The summed E-state index contributed by atoms with van der Waals surface area (Å²) in [6, 6.07) is 3.96. The van der Waals surface area contributed by atoms with Gasteiger partial charge in [0.05, 0.1) is 15.6 Å². The minimum atomic E-state index is -3.79. The zero-order chi connectivity index (χ0) is 14.6. The third kappa shape index (κ3) is 4.19. The highest BCUT2D eigenvalue weighted by molar-refractivity contribution is 7.89. The number of carbonyl (C=O) groups excluding carboxylic acids is 1. The molecular formula is C12H17ClN2O3S. The molecule has 19 heavy (non-hydrogen) atoms. The van der Waals surface area contributed by atoms with E-state index < -0.39 is 10.0 Å². The van der Waals surface area contributed by atoms with Gasteiger partial charge in [0.25, 0.3) is 0 Å². The molecule has 0 unspecified atom stereocenters. The predicted octanol–water partition coefficient (Wildman–Crippen LogP) is 2.36. The molecule has 0 saturated carbocycles. The first-order valence-corrected chi connectivity index (χ1v) is 7.85. The second-order valence-electron chi connectivity index (χ2n) is 4.19. The zero-order valence-corrected chi connectivity index (χ0v) is 12.4. The van der Waals surface area contributed by atoms with E-state index >= 15 is 0 Å². The Labute approximate surface area is 118 Å². The van der Waals surface area contributed by atoms with Crippen molar-refractivity contribution in [2.45, 2.75) is 31.6 Å². The summed E-state index contributed by atoms with van der Waals surface area (Å²) >= 11 is 5.94. The molecular weight excluding hydrogens is 288 g/mol. The lowest BCUT2D eigenvalue weighted by molar-refractivity contribution is -0.120. The molecule has 3 N–H and O–H groups in total. The normalized spacial score (nSPS) is 11.6. The van der Waals surface area contributed by atoms with Gasteiger partial charge in [-0.25, -0.2) is 13.6 Å². The minimum absolute atomic E-state index is 0.0852. The summed E-state index contributed by atoms with van der Waals surface area (Å²) in [7, 11) is -3.79. The van der Waals surface area contributed by atoms with Gasteiger partial charge in [0, 0.05) is 5.92 Å². The lowest BCUT2D eigenvalue weighted by atomic mass is 10.0. The Morgan fingerprint density at radius 1 is 1.37 bits per heavy atom. The van der Waals surface area contributed by atoms with Gasteiger partial charge in [-0.2, -0.15) is 0 Å². The van der Waals surface area contributed by atoms with E-state index in [0.717, 1.165) is 12.8 Å². The van der Waals surface area contributed by atoms with E-state index in [-0.39, 0.29) is 21.7 Å². The average Bonchev–Trinajstić information content (AvgIpc) is 2.32. The van der Waals surface area contributed by atoms with E-state index in [9.17, 15) is 13.2 Å². The van der Waals surface area contributed by atoms with Gasteiger partial charge in [0.1, 0.15) is 0 Å². The molecule has 1 aromatic carbocycles. The van der Waals surface area contributed by atoms with Crippen molar-refractivity contribution in [1.29, 1.82) is 0 Å². The SMILES string of the molecule is CCC(CC)C(=O)Nc1ccc(S(N)(=O)=O)cc1Cl. The molecule has 0 aliphatic rings. The molecule has 1 amide bonds. The summed E-state index contributed by atoms with van der Waals surface area (Å²) in [4.78, 5) is 11.8. The summed E-state index contributed by atoms with van der Waals surface area (Å²) < 4.78 is 22.3. The molecule has 0 heterocycles. The van der Waals surface area contributed by atoms with Gasteiger partial charge >= 0.3 is 0 Å². The van der Waals surface area contributed by atoms with E-state index in [1.54, 1.807) is 0 Å². The van der Waals surface area contributed by atoms with Gasteiger partial charge in [-0.05, 0) is 31.0 Å². The summed E-state index contributed by atoms with van der Waals surface area (Å²) in [5.41, 5.74) is 0.381. The predicted molar refractivity (Wildman–Crippen MR) is 75.5 cm³/mol. The quantitative estimate of drug-likeness (QED) is 0.875. The molecule has 0 atom stereocenters. The number of halogens is 1. The maximum Gasteiger partial charge on any atom is 0.238 e. The highest BCUT2D eigenvalue weighted by atomic mass is 35.5. The Kier molecular flexibility index (Phi) is 5.34. The van der Waals surface area contributed by atoms with Gasteiger partial charge in [0.15, 0.2) is 0 Å². The smallest absolute Gasteiger partial charge is 0.238 e. The lowest BCUT2D eigenvalue weighted by Gasteiger charge is -2.14. The van der Waals surface area contributed by atoms with Crippen molar-refractivity contribution in [3.05, 3.63) is 23.2 Å². The van der Waals surface area contributed by atoms with Crippen LogP contribution in [0.15, 0.2) is 23.1 Å². The molecule has 0 saturated heterocycles. The van der Waals surface area contributed by atoms with Crippen LogP contribution in [0, 0.1) is 5.92 Å². The van der Waals surface area contributed by atoms with Crippen LogP contribution in [0.3, 0.4) is 0 Å². The van der Waals surface area contributed by atoms with Crippen molar-refractivity contribution in [2.24, 2.45) is 11.1 Å². The molecule has 1 rings (SSSR count). The van der Waals surface area contributed by atoms with Crippen molar-refractivity contribution in [3.8, 4) is 0 Å². The largest absolute Gasteiger partial charge is 0.325 e. The number of anilines is 1. The molecule has 0 radical (unpaired) electrons. The van der Waals surface area contributed by atoms with Crippen molar-refractivity contribution < 1.29 is 13.2 Å². The number of hydrogen-bond donors (Lipinski definition) is 2. The Morgan fingerprint density at radius 2 is 1.95 bits per heavy atom. The fraction of sp³-hybridized carbons (Fsp3) is 0.417. The van der Waals surface area contributed by atoms with Gasteiger partial charge in [-0.15, -0.1) is 0 Å². The number of amides is 1. The molecule has 5 nitrogen and oxygen atoms in total. The van der Waals surface area contributed by atoms with E-state index in [2.05, 4.69) is 5.32 Å². The lowest BCUT2D eigenvalue weighted by Crippen LogP contribution is -2.22. The van der Waals surface area contributed by atoms with Crippen molar-refractivity contribution in [3.63, 3.8) is 0 Å². The third-order valence-electron chi connectivity index (χ3n) is 2.88. The summed E-state index contributed by atoms with van der Waals surface area (Å²) in [5, 5.41) is 7.82. The monoisotopic (exact) mass is 304 g/mol. The van der Waals surface area contributed by atoms with Crippen LogP contribution in [0.2, 0.25) is 5.02 Å². The second kappa shape index (κ2) is 6.36. The fourth-order valence-corrected chi connectivity index (χ4v) is 2.50. The van der Waals surface area contributed by atoms with Gasteiger partial charge in [-0.1, -0.05) is 25.4 Å². The first kappa shape index (κ1) is 15.9. The van der Waals surface area contributed by atoms with E-state index in [0.29, 0.717) is 5.69 Å². The molecule has 1 aromatic rings. The number of sulfonamides is 1. The summed E-state index contributed by atoms with van der Waals surface area (Å²) in [5.74, 6) is -0.218. The van der Waals surface area contributed by atoms with Crippen molar-refractivity contribution in [1.82, 2.24) is 0 Å². The van der Waals surface area contributed by atoms with Gasteiger partial charge in [0.2, 0.25) is 15.9 Å². The topological polar surface area (TPSA) is 89.3 Å². The Bertz CT molecular complexity index is 568. The number of carbonyl (C=O) groups is 1. The number of rotatable bonds is 5. The Morgan fingerprint density at radius 3 is 2.37 bits per heavy atom. The standard InChI is InChI=1S/C12H17ClN2O3S/c1-3-8(4-2)12(16)15-11-6-5-9(7-10(11)13)19(14,17)18/h5-8H,3-4H2,1-2H3,(H,15,16)(H2,14,17,18). The molecule has 0 aliphatic heterocycles. The maximum absolute atomic E-state index is 11.9. The van der Waals surface area contributed by atoms with Crippen LogP contribution in [0.5, 0.6) is 0 Å². The fourth-order valence-electron chi connectivity index (χ4n) is 1.67. The van der Waals surface area contributed by atoms with Crippen LogP contribution in [0.1, 0.15) is 26.7 Å². The van der Waals surface area contributed by atoms with Crippen LogP contribution in [0.4, 0.5) is 5.69 Å². The molecule has 0 aliphatic carbocycles. The van der Waals surface area contributed by atoms with Crippen LogP contribution in [0.25, 0.3) is 0 Å². The molecule has 0 fully saturated rings. The number of primary sulfonamides is 1. The van der Waals surface area contributed by atoms with Crippen molar-refractivity contribution >= 4 is 33.2 Å². The van der Waals surface area contributed by atoms with E-state index in [1.165, 1.54) is 18.2 Å². The van der Waals surface area contributed by atoms with E-state index in [1.807, 2.05) is 13.8 Å². The number of benzene rings is 1. The molecule has 7 heteroatoms. The first-order valence-electron chi connectivity index (χ1n) is 5.92. The van der Waals surface area contributed by atoms with Crippen LogP contribution in [-0.4, -0.2) is 14.3 Å². The highest BCUT2D eigenvalue weighted by Gasteiger charge is 2.16. The summed E-state index contributed by atoms with van der Waals surface area (Å²) in [6.45, 7) is 3.86. The first-order chi connectivity index (χ1) is 8.79. The number of hydrogen-bond acceptors (Lipinski definition) is 3. The van der Waals surface area contributed by atoms with Crippen LogP contribution in [-0.2, 0) is 14.8 Å². The van der Waals surface area contributed by atoms with Crippen LogP contribution < -0.4 is 10.5 Å². The molecule has 0 bridgehead atoms. The summed E-state index contributed by atoms with van der Waals surface area (Å²) in [6.07, 6.45) is 1.46. The highest BCUT2D eigenvalue weighted by Crippen LogP contribution is 2.25.